The SMILES string of the molecule is COc1ccc(C2C3=C(CCCC3=O)Oc3ncn4nc(-c5ccccc5O)nc4c32)cc1OC. The van der Waals surface area contributed by atoms with E-state index in [9.17, 15) is 9.90 Å². The van der Waals surface area contributed by atoms with Crippen molar-refractivity contribution in [2.45, 2.75) is 25.2 Å². The summed E-state index contributed by atoms with van der Waals surface area (Å²) in [4.78, 5) is 22.5. The Balaban J connectivity index is 1.61. The Kier molecular flexibility index (Phi) is 4.91. The topological polar surface area (TPSA) is 108 Å². The van der Waals surface area contributed by atoms with Crippen molar-refractivity contribution < 1.29 is 24.1 Å². The highest BCUT2D eigenvalue weighted by molar-refractivity contribution is 6.00. The van der Waals surface area contributed by atoms with Crippen molar-refractivity contribution in [2.75, 3.05) is 14.2 Å². The van der Waals surface area contributed by atoms with Crippen molar-refractivity contribution in [3.63, 3.8) is 0 Å². The van der Waals surface area contributed by atoms with Gasteiger partial charge in [0.25, 0.3) is 0 Å². The highest BCUT2D eigenvalue weighted by Crippen LogP contribution is 2.48. The van der Waals surface area contributed by atoms with Crippen LogP contribution in [-0.2, 0) is 4.79 Å². The predicted octanol–water partition coefficient (Wildman–Crippen LogP) is 4.05. The fourth-order valence-corrected chi connectivity index (χ4v) is 4.86. The minimum Gasteiger partial charge on any atom is -0.507 e. The number of carbonyl (C=O) groups excluding carboxylic acids is 1. The predicted molar refractivity (Wildman–Crippen MR) is 126 cm³/mol. The van der Waals surface area contributed by atoms with Crippen molar-refractivity contribution in [3.8, 4) is 34.5 Å². The third kappa shape index (κ3) is 3.30. The van der Waals surface area contributed by atoms with E-state index in [1.165, 1.54) is 6.33 Å². The van der Waals surface area contributed by atoms with Gasteiger partial charge in [-0.3, -0.25) is 4.79 Å². The highest BCUT2D eigenvalue weighted by Gasteiger charge is 2.40. The van der Waals surface area contributed by atoms with Crippen LogP contribution < -0.4 is 14.2 Å². The van der Waals surface area contributed by atoms with E-state index in [1.807, 2.05) is 24.3 Å². The van der Waals surface area contributed by atoms with Gasteiger partial charge >= 0.3 is 0 Å². The summed E-state index contributed by atoms with van der Waals surface area (Å²) in [7, 11) is 3.16. The number of Topliss-reactive ketones (excluding diaryl/α,β-unsaturated/α-hetero) is 1. The van der Waals surface area contributed by atoms with Crippen molar-refractivity contribution >= 4 is 11.4 Å². The highest BCUT2D eigenvalue weighted by atomic mass is 16.5. The quantitative estimate of drug-likeness (QED) is 0.476. The number of phenolic OH excluding ortho intramolecular Hbond substituents is 1. The molecule has 2 aromatic heterocycles. The number of allylic oxidation sites excluding steroid dienone is 2. The largest absolute Gasteiger partial charge is 0.507 e. The number of para-hydroxylation sites is 1. The summed E-state index contributed by atoms with van der Waals surface area (Å²) in [5, 5.41) is 14.9. The lowest BCUT2D eigenvalue weighted by molar-refractivity contribution is -0.116. The first-order chi connectivity index (χ1) is 17.1. The molecule has 35 heavy (non-hydrogen) atoms. The molecule has 1 aliphatic heterocycles. The van der Waals surface area contributed by atoms with Crippen LogP contribution in [0.1, 0.15) is 36.3 Å². The molecule has 6 rings (SSSR count). The third-order valence-corrected chi connectivity index (χ3v) is 6.48. The van der Waals surface area contributed by atoms with Gasteiger partial charge < -0.3 is 19.3 Å². The molecule has 3 heterocycles. The van der Waals surface area contributed by atoms with E-state index in [-0.39, 0.29) is 11.5 Å². The monoisotopic (exact) mass is 470 g/mol. The van der Waals surface area contributed by atoms with Crippen LogP contribution in [-0.4, -0.2) is 44.7 Å². The van der Waals surface area contributed by atoms with Crippen molar-refractivity contribution in [3.05, 3.63) is 71.3 Å². The third-order valence-electron chi connectivity index (χ3n) is 6.48. The van der Waals surface area contributed by atoms with Crippen molar-refractivity contribution in [1.29, 1.82) is 0 Å². The molecular formula is C26H22N4O5. The van der Waals surface area contributed by atoms with Crippen LogP contribution in [0.2, 0.25) is 0 Å². The number of carbonyl (C=O) groups is 1. The second kappa shape index (κ2) is 8.12. The summed E-state index contributed by atoms with van der Waals surface area (Å²) in [6, 6.07) is 12.5. The molecule has 176 valence electrons. The van der Waals surface area contributed by atoms with Gasteiger partial charge in [0.05, 0.1) is 31.3 Å². The number of aromatic hydroxyl groups is 1. The average Bonchev–Trinajstić information content (AvgIpc) is 3.32. The van der Waals surface area contributed by atoms with E-state index in [0.717, 1.165) is 12.0 Å². The lowest BCUT2D eigenvalue weighted by Crippen LogP contribution is -2.26. The lowest BCUT2D eigenvalue weighted by atomic mass is 9.78. The van der Waals surface area contributed by atoms with E-state index >= 15 is 0 Å². The molecule has 4 aromatic rings. The van der Waals surface area contributed by atoms with E-state index < -0.39 is 5.92 Å². The normalized spacial score (nSPS) is 17.1. The number of ether oxygens (including phenoxy) is 3. The van der Waals surface area contributed by atoms with Crippen LogP contribution in [0.4, 0.5) is 0 Å². The van der Waals surface area contributed by atoms with E-state index in [4.69, 9.17) is 19.2 Å². The fourth-order valence-electron chi connectivity index (χ4n) is 4.86. The van der Waals surface area contributed by atoms with Crippen LogP contribution in [0.5, 0.6) is 23.1 Å². The van der Waals surface area contributed by atoms with Crippen molar-refractivity contribution in [1.82, 2.24) is 19.6 Å². The Labute approximate surface area is 200 Å². The number of fused-ring (bicyclic) bond motifs is 3. The smallest absolute Gasteiger partial charge is 0.228 e. The van der Waals surface area contributed by atoms with Crippen molar-refractivity contribution in [2.24, 2.45) is 0 Å². The number of hydrogen-bond acceptors (Lipinski definition) is 8. The molecule has 0 spiro atoms. The molecule has 9 heteroatoms. The summed E-state index contributed by atoms with van der Waals surface area (Å²) in [5.41, 5.74) is 3.08. The fraction of sp³-hybridized carbons (Fsp3) is 0.231. The molecule has 1 aliphatic carbocycles. The van der Waals surface area contributed by atoms with Gasteiger partial charge in [-0.2, -0.15) is 0 Å². The first-order valence-electron chi connectivity index (χ1n) is 11.3. The van der Waals surface area contributed by atoms with Gasteiger partial charge in [-0.15, -0.1) is 5.10 Å². The molecule has 0 fully saturated rings. The molecular weight excluding hydrogens is 448 g/mol. The van der Waals surface area contributed by atoms with Crippen LogP contribution in [0, 0.1) is 0 Å². The van der Waals surface area contributed by atoms with Gasteiger partial charge in [0, 0.05) is 18.4 Å². The zero-order valence-electron chi connectivity index (χ0n) is 19.2. The molecule has 0 saturated heterocycles. The van der Waals surface area contributed by atoms with Gasteiger partial charge in [-0.1, -0.05) is 18.2 Å². The maximum Gasteiger partial charge on any atom is 0.228 e. The van der Waals surface area contributed by atoms with Gasteiger partial charge in [0.1, 0.15) is 17.8 Å². The average molecular weight is 470 g/mol. The lowest BCUT2D eigenvalue weighted by Gasteiger charge is -2.32. The molecule has 2 aromatic carbocycles. The van der Waals surface area contributed by atoms with E-state index in [2.05, 4.69) is 10.1 Å². The zero-order valence-corrected chi connectivity index (χ0v) is 19.2. The minimum atomic E-state index is -0.473. The molecule has 2 aliphatic rings. The van der Waals surface area contributed by atoms with E-state index in [1.54, 1.807) is 36.9 Å². The number of hydrogen-bond donors (Lipinski definition) is 1. The summed E-state index contributed by atoms with van der Waals surface area (Å²) in [5.74, 6) is 2.17. The summed E-state index contributed by atoms with van der Waals surface area (Å²) in [6.45, 7) is 0. The molecule has 9 nitrogen and oxygen atoms in total. The van der Waals surface area contributed by atoms with E-state index in [0.29, 0.717) is 64.2 Å². The number of ketones is 1. The second-order valence-corrected chi connectivity index (χ2v) is 8.45. The Morgan fingerprint density at radius 1 is 1.09 bits per heavy atom. The standard InChI is InChI=1S/C26H22N4O5/c1-33-18-11-10-14(12-20(18)34-2)21-22-17(32)8-5-9-19(22)35-26-23(21)25-28-24(29-30(25)13-27-26)15-6-3-4-7-16(15)31/h3-4,6-7,10-13,21,31H,5,8-9H2,1-2H3. The molecule has 0 bridgehead atoms. The molecule has 1 N–H and O–H groups in total. The maximum atomic E-state index is 13.2. The number of nitrogens with zero attached hydrogens (tertiary/aromatic N) is 4. The van der Waals surface area contributed by atoms with Gasteiger partial charge in [-0.25, -0.2) is 14.5 Å². The van der Waals surface area contributed by atoms with Gasteiger partial charge in [-0.05, 0) is 36.2 Å². The Hall–Kier alpha value is -4.40. The molecule has 1 atom stereocenters. The number of methoxy groups -OCH3 is 2. The van der Waals surface area contributed by atoms with Crippen LogP contribution in [0.15, 0.2) is 60.1 Å². The summed E-state index contributed by atoms with van der Waals surface area (Å²) < 4.78 is 18.7. The first-order valence-corrected chi connectivity index (χ1v) is 11.3. The Morgan fingerprint density at radius 3 is 2.71 bits per heavy atom. The van der Waals surface area contributed by atoms with Crippen LogP contribution >= 0.6 is 0 Å². The number of benzene rings is 2. The zero-order chi connectivity index (χ0) is 24.1. The number of aromatic nitrogens is 4. The van der Waals surface area contributed by atoms with Gasteiger partial charge in [0.2, 0.25) is 5.88 Å². The number of rotatable bonds is 4. The Bertz CT molecular complexity index is 1520. The Morgan fingerprint density at radius 2 is 1.91 bits per heavy atom. The molecule has 0 radical (unpaired) electrons. The maximum absolute atomic E-state index is 13.2. The summed E-state index contributed by atoms with van der Waals surface area (Å²) in [6.07, 6.45) is 3.38. The minimum absolute atomic E-state index is 0.0409. The first kappa shape index (κ1) is 21.2. The molecule has 0 saturated carbocycles. The second-order valence-electron chi connectivity index (χ2n) is 8.45. The summed E-state index contributed by atoms with van der Waals surface area (Å²) >= 11 is 0. The van der Waals surface area contributed by atoms with Crippen LogP contribution in [0.25, 0.3) is 17.0 Å². The number of phenols is 1. The van der Waals surface area contributed by atoms with Gasteiger partial charge in [0.15, 0.2) is 28.8 Å². The molecule has 1 unspecified atom stereocenters. The van der Waals surface area contributed by atoms with Crippen LogP contribution in [0.3, 0.4) is 0 Å². The molecule has 0 amide bonds.